The number of nitrogens with zero attached hydrogens (tertiary/aromatic N) is 1. The van der Waals surface area contributed by atoms with Crippen LogP contribution in [0.3, 0.4) is 0 Å². The molecule has 1 aromatic rings. The van der Waals surface area contributed by atoms with Crippen LogP contribution >= 0.6 is 0 Å². The summed E-state index contributed by atoms with van der Waals surface area (Å²) in [5, 5.41) is 0. The molecule has 1 atom stereocenters. The number of hydrogen-bond acceptors (Lipinski definition) is 3. The molecule has 1 saturated carbocycles. The summed E-state index contributed by atoms with van der Waals surface area (Å²) >= 11 is 0. The van der Waals surface area contributed by atoms with Crippen LogP contribution in [-0.4, -0.2) is 30.6 Å². The van der Waals surface area contributed by atoms with E-state index in [9.17, 15) is 4.79 Å². The van der Waals surface area contributed by atoms with Crippen molar-refractivity contribution in [2.45, 2.75) is 57.5 Å². The molecule has 0 aromatic heterocycles. The van der Waals surface area contributed by atoms with E-state index in [-0.39, 0.29) is 5.97 Å². The van der Waals surface area contributed by atoms with Gasteiger partial charge in [-0.25, -0.2) is 4.79 Å². The van der Waals surface area contributed by atoms with Gasteiger partial charge in [0.05, 0.1) is 12.7 Å². The van der Waals surface area contributed by atoms with E-state index in [1.54, 1.807) is 0 Å². The van der Waals surface area contributed by atoms with Crippen molar-refractivity contribution in [3.8, 4) is 0 Å². The van der Waals surface area contributed by atoms with E-state index in [1.807, 2.05) is 24.3 Å². The maximum Gasteiger partial charge on any atom is 0.337 e. The van der Waals surface area contributed by atoms with Crippen molar-refractivity contribution in [1.29, 1.82) is 0 Å². The molecule has 0 amide bonds. The van der Waals surface area contributed by atoms with Gasteiger partial charge in [-0.15, -0.1) is 0 Å². The van der Waals surface area contributed by atoms with E-state index in [2.05, 4.69) is 25.8 Å². The summed E-state index contributed by atoms with van der Waals surface area (Å²) in [5.74, 6) is -0.276. The van der Waals surface area contributed by atoms with Gasteiger partial charge < -0.3 is 4.74 Å². The number of ether oxygens (including phenoxy) is 1. The van der Waals surface area contributed by atoms with Crippen LogP contribution < -0.4 is 0 Å². The third kappa shape index (κ3) is 3.46. The third-order valence-corrected chi connectivity index (χ3v) is 5.18. The number of methoxy groups -OCH3 is 1. The van der Waals surface area contributed by atoms with Crippen molar-refractivity contribution in [2.75, 3.05) is 14.2 Å². The Morgan fingerprint density at radius 1 is 1.19 bits per heavy atom. The van der Waals surface area contributed by atoms with Gasteiger partial charge in [0.1, 0.15) is 0 Å². The fourth-order valence-corrected chi connectivity index (χ4v) is 3.37. The lowest BCUT2D eigenvalue weighted by molar-refractivity contribution is 0.0575. The highest BCUT2D eigenvalue weighted by Gasteiger charge is 2.33. The molecule has 0 aliphatic heterocycles. The lowest BCUT2D eigenvalue weighted by Gasteiger charge is -2.45. The van der Waals surface area contributed by atoms with Crippen LogP contribution in [0.1, 0.15) is 67.9 Å². The van der Waals surface area contributed by atoms with Crippen molar-refractivity contribution in [3.05, 3.63) is 35.4 Å². The summed E-state index contributed by atoms with van der Waals surface area (Å²) in [6.07, 6.45) is 6.57. The molecule has 0 N–H and O–H groups in total. The van der Waals surface area contributed by atoms with Gasteiger partial charge in [-0.05, 0) is 51.4 Å². The van der Waals surface area contributed by atoms with Crippen molar-refractivity contribution in [1.82, 2.24) is 4.90 Å². The number of carbonyl (C=O) groups excluding carboxylic acids is 1. The standard InChI is InChI=1S/C18H27NO2/c1-14(19(3)18(2)12-6-5-7-13-18)15-8-10-16(11-9-15)17(20)21-4/h8-11,14H,5-7,12-13H2,1-4H3. The maximum atomic E-state index is 11.5. The Morgan fingerprint density at radius 2 is 1.76 bits per heavy atom. The largest absolute Gasteiger partial charge is 0.465 e. The molecule has 0 heterocycles. The molecule has 116 valence electrons. The molecule has 1 aromatic carbocycles. The van der Waals surface area contributed by atoms with Crippen molar-refractivity contribution in [3.63, 3.8) is 0 Å². The van der Waals surface area contributed by atoms with Gasteiger partial charge in [-0.3, -0.25) is 4.90 Å². The smallest absolute Gasteiger partial charge is 0.337 e. The van der Waals surface area contributed by atoms with Crippen LogP contribution in [0, 0.1) is 0 Å². The molecular weight excluding hydrogens is 262 g/mol. The van der Waals surface area contributed by atoms with Gasteiger partial charge in [0.15, 0.2) is 0 Å². The zero-order valence-corrected chi connectivity index (χ0v) is 13.7. The Labute approximate surface area is 128 Å². The predicted octanol–water partition coefficient (Wildman–Crippen LogP) is 4.19. The molecule has 0 spiro atoms. The van der Waals surface area contributed by atoms with Crippen LogP contribution in [0.25, 0.3) is 0 Å². The van der Waals surface area contributed by atoms with E-state index in [0.29, 0.717) is 17.1 Å². The topological polar surface area (TPSA) is 29.5 Å². The second-order valence-electron chi connectivity index (χ2n) is 6.46. The first-order valence-electron chi connectivity index (χ1n) is 7.89. The van der Waals surface area contributed by atoms with Crippen LogP contribution in [-0.2, 0) is 4.74 Å². The molecule has 1 aliphatic rings. The first kappa shape index (κ1) is 16.0. The average molecular weight is 289 g/mol. The Hall–Kier alpha value is -1.35. The van der Waals surface area contributed by atoms with Gasteiger partial charge in [-0.2, -0.15) is 0 Å². The zero-order valence-electron chi connectivity index (χ0n) is 13.7. The molecule has 0 bridgehead atoms. The molecule has 1 unspecified atom stereocenters. The van der Waals surface area contributed by atoms with Crippen LogP contribution in [0.15, 0.2) is 24.3 Å². The summed E-state index contributed by atoms with van der Waals surface area (Å²) in [5.41, 5.74) is 2.15. The number of benzene rings is 1. The molecule has 21 heavy (non-hydrogen) atoms. The maximum absolute atomic E-state index is 11.5. The van der Waals surface area contributed by atoms with Crippen molar-refractivity contribution < 1.29 is 9.53 Å². The minimum atomic E-state index is -0.276. The minimum absolute atomic E-state index is 0.276. The first-order valence-corrected chi connectivity index (χ1v) is 7.89. The molecule has 0 saturated heterocycles. The number of hydrogen-bond donors (Lipinski definition) is 0. The molecule has 3 heteroatoms. The van der Waals surface area contributed by atoms with Gasteiger partial charge in [0, 0.05) is 11.6 Å². The average Bonchev–Trinajstić information content (AvgIpc) is 2.53. The van der Waals surface area contributed by atoms with Gasteiger partial charge >= 0.3 is 5.97 Å². The fraction of sp³-hybridized carbons (Fsp3) is 0.611. The lowest BCUT2D eigenvalue weighted by Crippen LogP contribution is -2.46. The molecule has 1 fully saturated rings. The SMILES string of the molecule is COC(=O)c1ccc(C(C)N(C)C2(C)CCCCC2)cc1. The predicted molar refractivity (Wildman–Crippen MR) is 85.4 cm³/mol. The van der Waals surface area contributed by atoms with E-state index >= 15 is 0 Å². The van der Waals surface area contributed by atoms with Crippen LogP contribution in [0.5, 0.6) is 0 Å². The Balaban J connectivity index is 2.11. The first-order chi connectivity index (χ1) is 9.98. The number of rotatable bonds is 4. The fourth-order valence-electron chi connectivity index (χ4n) is 3.37. The van der Waals surface area contributed by atoms with Gasteiger partial charge in [0.2, 0.25) is 0 Å². The molecule has 2 rings (SSSR count). The van der Waals surface area contributed by atoms with E-state index in [0.717, 1.165) is 0 Å². The van der Waals surface area contributed by atoms with Gasteiger partial charge in [0.25, 0.3) is 0 Å². The van der Waals surface area contributed by atoms with Crippen LogP contribution in [0.2, 0.25) is 0 Å². The molecule has 1 aliphatic carbocycles. The van der Waals surface area contributed by atoms with Gasteiger partial charge in [-0.1, -0.05) is 31.4 Å². The zero-order chi connectivity index (χ0) is 15.5. The second-order valence-corrected chi connectivity index (χ2v) is 6.46. The number of esters is 1. The Kier molecular flexibility index (Phi) is 5.04. The molecule has 3 nitrogen and oxygen atoms in total. The highest BCUT2D eigenvalue weighted by Crippen LogP contribution is 2.37. The summed E-state index contributed by atoms with van der Waals surface area (Å²) in [7, 11) is 3.64. The molecule has 0 radical (unpaired) electrons. The highest BCUT2D eigenvalue weighted by atomic mass is 16.5. The number of carbonyl (C=O) groups is 1. The second kappa shape index (κ2) is 6.61. The highest BCUT2D eigenvalue weighted by molar-refractivity contribution is 5.89. The van der Waals surface area contributed by atoms with Crippen molar-refractivity contribution >= 4 is 5.97 Å². The van der Waals surface area contributed by atoms with Crippen molar-refractivity contribution in [2.24, 2.45) is 0 Å². The van der Waals surface area contributed by atoms with E-state index in [4.69, 9.17) is 4.74 Å². The molecular formula is C18H27NO2. The van der Waals surface area contributed by atoms with Crippen LogP contribution in [0.4, 0.5) is 0 Å². The van der Waals surface area contributed by atoms with E-state index in [1.165, 1.54) is 44.8 Å². The Bertz CT molecular complexity index is 474. The van der Waals surface area contributed by atoms with E-state index < -0.39 is 0 Å². The lowest BCUT2D eigenvalue weighted by atomic mass is 9.81. The summed E-state index contributed by atoms with van der Waals surface area (Å²) < 4.78 is 4.75. The summed E-state index contributed by atoms with van der Waals surface area (Å²) in [6, 6.07) is 8.14. The quantitative estimate of drug-likeness (QED) is 0.778. The minimum Gasteiger partial charge on any atom is -0.465 e. The Morgan fingerprint density at radius 3 is 2.29 bits per heavy atom. The summed E-state index contributed by atoms with van der Waals surface area (Å²) in [6.45, 7) is 4.62. The monoisotopic (exact) mass is 289 g/mol. The third-order valence-electron chi connectivity index (χ3n) is 5.18. The summed E-state index contributed by atoms with van der Waals surface area (Å²) in [4.78, 5) is 14.0. The normalized spacial score (nSPS) is 19.3.